The highest BCUT2D eigenvalue weighted by molar-refractivity contribution is 6.00. The van der Waals surface area contributed by atoms with Gasteiger partial charge in [0.1, 0.15) is 0 Å². The molecule has 2 aromatic rings. The molecular weight excluding hydrogens is 264 g/mol. The Balaban J connectivity index is 1.63. The van der Waals surface area contributed by atoms with Gasteiger partial charge in [0.25, 0.3) is 5.91 Å². The summed E-state index contributed by atoms with van der Waals surface area (Å²) in [6.45, 7) is 4.19. The number of hydrogen-bond donors (Lipinski definition) is 2. The van der Waals surface area contributed by atoms with Crippen molar-refractivity contribution in [2.24, 2.45) is 0 Å². The highest BCUT2D eigenvalue weighted by Gasteiger charge is 2.16. The first-order valence-electron chi connectivity index (χ1n) is 7.37. The van der Waals surface area contributed by atoms with Crippen LogP contribution in [0.1, 0.15) is 27.9 Å². The van der Waals surface area contributed by atoms with Crippen molar-refractivity contribution in [3.05, 3.63) is 47.3 Å². The third-order valence-corrected chi connectivity index (χ3v) is 3.71. The third-order valence-electron chi connectivity index (χ3n) is 3.71. The molecule has 0 bridgehead atoms. The Bertz CT molecular complexity index is 647. The molecule has 5 heteroatoms. The molecule has 0 atom stereocenters. The van der Waals surface area contributed by atoms with E-state index in [1.807, 2.05) is 36.1 Å². The fourth-order valence-corrected chi connectivity index (χ4v) is 2.67. The summed E-state index contributed by atoms with van der Waals surface area (Å²) in [7, 11) is 0. The van der Waals surface area contributed by atoms with Gasteiger partial charge in [-0.2, -0.15) is 5.10 Å². The Kier molecular flexibility index (Phi) is 3.90. The molecule has 1 aromatic carbocycles. The zero-order valence-corrected chi connectivity index (χ0v) is 12.2. The second-order valence-corrected chi connectivity index (χ2v) is 5.41. The summed E-state index contributed by atoms with van der Waals surface area (Å²) in [6, 6.07) is 5.92. The van der Waals surface area contributed by atoms with Crippen LogP contribution in [0.5, 0.6) is 0 Å². The largest absolute Gasteiger partial charge is 0.384 e. The normalized spacial score (nSPS) is 13.4. The van der Waals surface area contributed by atoms with Crippen molar-refractivity contribution in [1.29, 1.82) is 0 Å². The first-order valence-corrected chi connectivity index (χ1v) is 7.37. The maximum atomic E-state index is 12.3. The van der Waals surface area contributed by atoms with Crippen LogP contribution in [-0.2, 0) is 13.0 Å². The topological polar surface area (TPSA) is 59.0 Å². The maximum Gasteiger partial charge on any atom is 0.253 e. The van der Waals surface area contributed by atoms with Gasteiger partial charge in [-0.3, -0.25) is 9.48 Å². The minimum Gasteiger partial charge on any atom is -0.384 e. The number of carbonyl (C=O) groups is 1. The summed E-state index contributed by atoms with van der Waals surface area (Å²) in [5.74, 6) is -0.0230. The average molecular weight is 284 g/mol. The molecule has 0 radical (unpaired) electrons. The highest BCUT2D eigenvalue weighted by atomic mass is 16.1. The monoisotopic (exact) mass is 284 g/mol. The summed E-state index contributed by atoms with van der Waals surface area (Å²) >= 11 is 0. The van der Waals surface area contributed by atoms with Crippen LogP contribution in [0.4, 0.5) is 5.69 Å². The zero-order chi connectivity index (χ0) is 14.7. The molecule has 0 spiro atoms. The quantitative estimate of drug-likeness (QED) is 0.902. The number of anilines is 1. The van der Waals surface area contributed by atoms with Gasteiger partial charge in [-0.05, 0) is 37.0 Å². The van der Waals surface area contributed by atoms with Gasteiger partial charge in [-0.1, -0.05) is 12.1 Å². The summed E-state index contributed by atoms with van der Waals surface area (Å²) in [5, 5.41) is 10.5. The lowest BCUT2D eigenvalue weighted by molar-refractivity contribution is 0.0952. The molecule has 1 aliphatic heterocycles. The minimum absolute atomic E-state index is 0.0230. The number of hydrogen-bond acceptors (Lipinski definition) is 3. The standard InChI is InChI=1S/C16H20N4O/c1-12-10-19-20(11-12)9-8-18-16(21)14-6-2-4-13-5-3-7-17-15(13)14/h2,4,6,10-11,17H,3,5,7-9H2,1H3,(H,18,21). The van der Waals surface area contributed by atoms with Gasteiger partial charge >= 0.3 is 0 Å². The number of nitrogens with zero attached hydrogens (tertiary/aromatic N) is 2. The fourth-order valence-electron chi connectivity index (χ4n) is 2.67. The number of benzene rings is 1. The number of rotatable bonds is 4. The van der Waals surface area contributed by atoms with E-state index in [2.05, 4.69) is 21.8 Å². The Labute approximate surface area is 124 Å². The summed E-state index contributed by atoms with van der Waals surface area (Å²) in [6.07, 6.45) is 5.95. The molecular formula is C16H20N4O. The smallest absolute Gasteiger partial charge is 0.253 e. The van der Waals surface area contributed by atoms with Crippen LogP contribution in [0, 0.1) is 6.92 Å². The first kappa shape index (κ1) is 13.7. The van der Waals surface area contributed by atoms with Crippen molar-refractivity contribution < 1.29 is 4.79 Å². The third kappa shape index (κ3) is 3.07. The lowest BCUT2D eigenvalue weighted by Crippen LogP contribution is -2.29. The van der Waals surface area contributed by atoms with E-state index >= 15 is 0 Å². The second-order valence-electron chi connectivity index (χ2n) is 5.41. The molecule has 5 nitrogen and oxygen atoms in total. The van der Waals surface area contributed by atoms with E-state index in [-0.39, 0.29) is 5.91 Å². The maximum absolute atomic E-state index is 12.3. The second kappa shape index (κ2) is 5.99. The van der Waals surface area contributed by atoms with E-state index in [0.717, 1.165) is 36.2 Å². The molecule has 0 fully saturated rings. The molecule has 1 amide bonds. The first-order chi connectivity index (χ1) is 10.2. The predicted octanol–water partition coefficient (Wildman–Crippen LogP) is 1.98. The summed E-state index contributed by atoms with van der Waals surface area (Å²) in [4.78, 5) is 12.3. The van der Waals surface area contributed by atoms with Gasteiger partial charge in [0.05, 0.1) is 24.0 Å². The van der Waals surface area contributed by atoms with Crippen LogP contribution < -0.4 is 10.6 Å². The Hall–Kier alpha value is -2.30. The molecule has 0 aliphatic carbocycles. The molecule has 0 unspecified atom stereocenters. The van der Waals surface area contributed by atoms with Crippen LogP contribution in [0.25, 0.3) is 0 Å². The minimum atomic E-state index is -0.0230. The number of aromatic nitrogens is 2. The Morgan fingerprint density at radius 1 is 1.48 bits per heavy atom. The molecule has 0 saturated heterocycles. The fraction of sp³-hybridized carbons (Fsp3) is 0.375. The predicted molar refractivity (Wildman–Crippen MR) is 82.5 cm³/mol. The van der Waals surface area contributed by atoms with E-state index in [1.54, 1.807) is 0 Å². The number of nitrogens with one attached hydrogen (secondary N) is 2. The number of carbonyl (C=O) groups excluding carboxylic acids is 1. The molecule has 2 N–H and O–H groups in total. The molecule has 1 aliphatic rings. The van der Waals surface area contributed by atoms with Gasteiger partial charge in [-0.25, -0.2) is 0 Å². The Morgan fingerprint density at radius 3 is 3.19 bits per heavy atom. The van der Waals surface area contributed by atoms with Gasteiger partial charge in [-0.15, -0.1) is 0 Å². The Morgan fingerprint density at radius 2 is 2.38 bits per heavy atom. The molecule has 110 valence electrons. The number of fused-ring (bicyclic) bond motifs is 1. The molecule has 2 heterocycles. The van der Waals surface area contributed by atoms with E-state index in [4.69, 9.17) is 0 Å². The van der Waals surface area contributed by atoms with Gasteiger partial charge in [0.2, 0.25) is 0 Å². The molecule has 1 aromatic heterocycles. The van der Waals surface area contributed by atoms with Crippen molar-refractivity contribution >= 4 is 11.6 Å². The average Bonchev–Trinajstić information content (AvgIpc) is 2.92. The SMILES string of the molecule is Cc1cnn(CCNC(=O)c2cccc3c2NCCC3)c1. The van der Waals surface area contributed by atoms with Crippen LogP contribution in [0.15, 0.2) is 30.6 Å². The van der Waals surface area contributed by atoms with Crippen molar-refractivity contribution in [1.82, 2.24) is 15.1 Å². The summed E-state index contributed by atoms with van der Waals surface area (Å²) < 4.78 is 1.84. The lowest BCUT2D eigenvalue weighted by atomic mass is 9.99. The van der Waals surface area contributed by atoms with Gasteiger partial charge in [0, 0.05) is 19.3 Å². The van der Waals surface area contributed by atoms with Crippen molar-refractivity contribution in [2.75, 3.05) is 18.4 Å². The molecule has 0 saturated carbocycles. The number of para-hydroxylation sites is 1. The number of amides is 1. The van der Waals surface area contributed by atoms with Crippen LogP contribution in [-0.4, -0.2) is 28.8 Å². The summed E-state index contributed by atoms with van der Waals surface area (Å²) in [5.41, 5.74) is 4.10. The highest BCUT2D eigenvalue weighted by Crippen LogP contribution is 2.25. The zero-order valence-electron chi connectivity index (χ0n) is 12.2. The van der Waals surface area contributed by atoms with E-state index < -0.39 is 0 Å². The van der Waals surface area contributed by atoms with Crippen LogP contribution >= 0.6 is 0 Å². The number of aryl methyl sites for hydroxylation is 2. The van der Waals surface area contributed by atoms with E-state index in [0.29, 0.717) is 13.1 Å². The lowest BCUT2D eigenvalue weighted by Gasteiger charge is -2.20. The molecule has 3 rings (SSSR count). The van der Waals surface area contributed by atoms with E-state index in [1.165, 1.54) is 5.56 Å². The van der Waals surface area contributed by atoms with Crippen molar-refractivity contribution in [2.45, 2.75) is 26.3 Å². The van der Waals surface area contributed by atoms with Crippen molar-refractivity contribution in [3.63, 3.8) is 0 Å². The van der Waals surface area contributed by atoms with Crippen LogP contribution in [0.2, 0.25) is 0 Å². The van der Waals surface area contributed by atoms with Gasteiger partial charge in [0.15, 0.2) is 0 Å². The van der Waals surface area contributed by atoms with Gasteiger partial charge < -0.3 is 10.6 Å². The van der Waals surface area contributed by atoms with Crippen molar-refractivity contribution in [3.8, 4) is 0 Å². The van der Waals surface area contributed by atoms with E-state index in [9.17, 15) is 4.79 Å². The van der Waals surface area contributed by atoms with Crippen LogP contribution in [0.3, 0.4) is 0 Å². The molecule has 21 heavy (non-hydrogen) atoms.